The van der Waals surface area contributed by atoms with Gasteiger partial charge < -0.3 is 9.73 Å². The van der Waals surface area contributed by atoms with Crippen molar-refractivity contribution in [3.05, 3.63) is 77.4 Å². The van der Waals surface area contributed by atoms with Gasteiger partial charge in [-0.1, -0.05) is 18.2 Å². The molecule has 0 radical (unpaired) electrons. The fourth-order valence-corrected chi connectivity index (χ4v) is 2.56. The number of furan rings is 1. The number of hydrogen-bond donors (Lipinski definition) is 1. The second-order valence-electron chi connectivity index (χ2n) is 6.13. The van der Waals surface area contributed by atoms with Crippen molar-refractivity contribution in [1.82, 2.24) is 9.78 Å². The average molecular weight is 403 g/mol. The van der Waals surface area contributed by atoms with Gasteiger partial charge in [-0.15, -0.1) is 0 Å². The molecule has 29 heavy (non-hydrogen) atoms. The van der Waals surface area contributed by atoms with Crippen molar-refractivity contribution in [2.24, 2.45) is 0 Å². The summed E-state index contributed by atoms with van der Waals surface area (Å²) >= 11 is 0. The van der Waals surface area contributed by atoms with Crippen LogP contribution in [0.3, 0.4) is 0 Å². The number of aromatic nitrogens is 2. The van der Waals surface area contributed by atoms with Crippen molar-refractivity contribution < 1.29 is 27.2 Å². The number of alkyl halides is 3. The first-order chi connectivity index (χ1) is 13.7. The lowest BCUT2D eigenvalue weighted by atomic mass is 10.1. The van der Waals surface area contributed by atoms with E-state index in [2.05, 4.69) is 10.4 Å². The molecule has 0 saturated carbocycles. The van der Waals surface area contributed by atoms with Crippen LogP contribution in [0, 0.1) is 0 Å². The molecule has 1 N–H and O–H groups in total. The fourth-order valence-electron chi connectivity index (χ4n) is 2.56. The molecule has 0 saturated heterocycles. The summed E-state index contributed by atoms with van der Waals surface area (Å²) < 4.78 is 45.8. The van der Waals surface area contributed by atoms with Crippen LogP contribution in [-0.4, -0.2) is 21.5 Å². The van der Waals surface area contributed by atoms with Crippen molar-refractivity contribution in [2.75, 3.05) is 5.32 Å². The van der Waals surface area contributed by atoms with Crippen LogP contribution >= 0.6 is 0 Å². The lowest BCUT2D eigenvalue weighted by Crippen LogP contribution is -2.10. The van der Waals surface area contributed by atoms with E-state index in [0.717, 1.165) is 18.2 Å². The van der Waals surface area contributed by atoms with Gasteiger partial charge in [0.1, 0.15) is 5.76 Å². The van der Waals surface area contributed by atoms with E-state index in [1.165, 1.54) is 35.9 Å². The summed E-state index contributed by atoms with van der Waals surface area (Å²) in [6.07, 6.45) is -0.810. The Morgan fingerprint density at radius 2 is 1.93 bits per heavy atom. The molecule has 0 bridgehead atoms. The molecule has 1 amide bonds. The van der Waals surface area contributed by atoms with E-state index in [1.54, 1.807) is 18.3 Å². The number of hydrogen-bond acceptors (Lipinski definition) is 4. The predicted molar refractivity (Wildman–Crippen MR) is 99.1 cm³/mol. The number of nitrogens with zero attached hydrogens (tertiary/aromatic N) is 2. The van der Waals surface area contributed by atoms with Gasteiger partial charge in [0, 0.05) is 25.3 Å². The highest BCUT2D eigenvalue weighted by molar-refractivity contribution is 6.01. The fraction of sp³-hybridized carbons (Fsp3) is 0.150. The maximum Gasteiger partial charge on any atom is 0.416 e. The molecule has 2 heterocycles. The Balaban J connectivity index is 1.63. The van der Waals surface area contributed by atoms with Gasteiger partial charge in [0.15, 0.2) is 17.4 Å². The summed E-state index contributed by atoms with van der Waals surface area (Å²) in [5.74, 6) is 0.166. The van der Waals surface area contributed by atoms with Gasteiger partial charge in [0.05, 0.1) is 12.1 Å². The molecule has 0 fully saturated rings. The molecule has 3 aromatic rings. The quantitative estimate of drug-likeness (QED) is 0.489. The number of carbonyl (C=O) groups excluding carboxylic acids is 2. The Labute approximate surface area is 163 Å². The molecule has 3 rings (SSSR count). The van der Waals surface area contributed by atoms with Crippen molar-refractivity contribution in [1.29, 1.82) is 0 Å². The number of benzene rings is 1. The largest absolute Gasteiger partial charge is 0.456 e. The SMILES string of the molecule is CC(=O)c1ccc(Cn2ccc(NC(=O)/C=C\c3ccccc3C(F)(F)F)n2)o1. The van der Waals surface area contributed by atoms with Crippen molar-refractivity contribution >= 4 is 23.6 Å². The van der Waals surface area contributed by atoms with Gasteiger partial charge >= 0.3 is 6.18 Å². The first kappa shape index (κ1) is 20.1. The van der Waals surface area contributed by atoms with Crippen LogP contribution in [0.15, 0.2) is 59.2 Å². The van der Waals surface area contributed by atoms with Crippen LogP contribution in [0.5, 0.6) is 0 Å². The second-order valence-corrected chi connectivity index (χ2v) is 6.13. The molecule has 0 aliphatic heterocycles. The molecule has 0 atom stereocenters. The van der Waals surface area contributed by atoms with E-state index in [1.807, 2.05) is 0 Å². The van der Waals surface area contributed by atoms with E-state index in [-0.39, 0.29) is 29.5 Å². The third-order valence-electron chi connectivity index (χ3n) is 3.90. The minimum atomic E-state index is -4.51. The predicted octanol–water partition coefficient (Wildman–Crippen LogP) is 4.40. The summed E-state index contributed by atoms with van der Waals surface area (Å²) in [5, 5.41) is 6.61. The molecule has 2 aromatic heterocycles. The molecule has 0 spiro atoms. The first-order valence-corrected chi connectivity index (χ1v) is 8.51. The number of carbonyl (C=O) groups is 2. The van der Waals surface area contributed by atoms with E-state index < -0.39 is 17.6 Å². The van der Waals surface area contributed by atoms with Crippen LogP contribution in [0.25, 0.3) is 6.08 Å². The number of rotatable bonds is 6. The lowest BCUT2D eigenvalue weighted by Gasteiger charge is -2.09. The van der Waals surface area contributed by atoms with Crippen LogP contribution in [-0.2, 0) is 17.5 Å². The Morgan fingerprint density at radius 3 is 2.62 bits per heavy atom. The number of halogens is 3. The standard InChI is InChI=1S/C20H16F3N3O3/c1-13(27)17-8-7-15(29-17)12-26-11-10-18(25-26)24-19(28)9-6-14-4-2-3-5-16(14)20(21,22)23/h2-11H,12H2,1H3,(H,24,25,28)/b9-6-. The number of nitrogens with one attached hydrogen (secondary N) is 1. The van der Waals surface area contributed by atoms with Gasteiger partial charge in [-0.05, 0) is 29.8 Å². The molecular formula is C20H16F3N3O3. The van der Waals surface area contributed by atoms with Gasteiger partial charge in [-0.2, -0.15) is 18.3 Å². The average Bonchev–Trinajstić information content (AvgIpc) is 3.29. The molecular weight excluding hydrogens is 387 g/mol. The molecule has 0 aliphatic carbocycles. The molecule has 150 valence electrons. The number of ketones is 1. The van der Waals surface area contributed by atoms with E-state index >= 15 is 0 Å². The molecule has 9 heteroatoms. The Hall–Kier alpha value is -3.62. The Bertz CT molecular complexity index is 1060. The summed E-state index contributed by atoms with van der Waals surface area (Å²) in [7, 11) is 0. The van der Waals surface area contributed by atoms with Gasteiger partial charge in [0.2, 0.25) is 5.91 Å². The lowest BCUT2D eigenvalue weighted by molar-refractivity contribution is -0.137. The summed E-state index contributed by atoms with van der Waals surface area (Å²) in [6.45, 7) is 1.64. The highest BCUT2D eigenvalue weighted by Crippen LogP contribution is 2.32. The highest BCUT2D eigenvalue weighted by Gasteiger charge is 2.32. The zero-order valence-electron chi connectivity index (χ0n) is 15.2. The van der Waals surface area contributed by atoms with Gasteiger partial charge in [-0.3, -0.25) is 14.3 Å². The third-order valence-corrected chi connectivity index (χ3v) is 3.90. The molecule has 1 aromatic carbocycles. The second kappa shape index (κ2) is 8.17. The zero-order chi connectivity index (χ0) is 21.0. The first-order valence-electron chi connectivity index (χ1n) is 8.51. The third kappa shape index (κ3) is 5.22. The van der Waals surface area contributed by atoms with Crippen LogP contribution < -0.4 is 5.32 Å². The highest BCUT2D eigenvalue weighted by atomic mass is 19.4. The van der Waals surface area contributed by atoms with E-state index in [0.29, 0.717) is 5.76 Å². The normalized spacial score (nSPS) is 11.7. The van der Waals surface area contributed by atoms with Gasteiger partial charge in [-0.25, -0.2) is 0 Å². The van der Waals surface area contributed by atoms with Crippen molar-refractivity contribution in [2.45, 2.75) is 19.6 Å². The summed E-state index contributed by atoms with van der Waals surface area (Å²) in [4.78, 5) is 23.3. The van der Waals surface area contributed by atoms with Crippen LogP contribution in [0.1, 0.15) is 34.4 Å². The van der Waals surface area contributed by atoms with E-state index in [9.17, 15) is 22.8 Å². The summed E-state index contributed by atoms with van der Waals surface area (Å²) in [6, 6.07) is 9.71. The van der Waals surface area contributed by atoms with E-state index in [4.69, 9.17) is 4.42 Å². The van der Waals surface area contributed by atoms with Crippen molar-refractivity contribution in [3.63, 3.8) is 0 Å². The minimum Gasteiger partial charge on any atom is -0.456 e. The maximum absolute atomic E-state index is 13.0. The molecule has 0 aliphatic rings. The Kier molecular flexibility index (Phi) is 5.67. The smallest absolute Gasteiger partial charge is 0.416 e. The number of amides is 1. The number of anilines is 1. The maximum atomic E-state index is 13.0. The summed E-state index contributed by atoms with van der Waals surface area (Å²) in [5.41, 5.74) is -0.934. The zero-order valence-corrected chi connectivity index (χ0v) is 15.2. The van der Waals surface area contributed by atoms with Crippen LogP contribution in [0.2, 0.25) is 0 Å². The monoisotopic (exact) mass is 403 g/mol. The molecule has 0 unspecified atom stereocenters. The molecule has 6 nitrogen and oxygen atoms in total. The topological polar surface area (TPSA) is 77.1 Å². The Morgan fingerprint density at radius 1 is 1.17 bits per heavy atom. The van der Waals surface area contributed by atoms with Crippen molar-refractivity contribution in [3.8, 4) is 0 Å². The number of Topliss-reactive ketones (excluding diaryl/α,β-unsaturated/α-hetero) is 1. The van der Waals surface area contributed by atoms with Crippen LogP contribution in [0.4, 0.5) is 19.0 Å². The minimum absolute atomic E-state index is 0.111. The van der Waals surface area contributed by atoms with Gasteiger partial charge in [0.25, 0.3) is 0 Å².